The molecule has 0 aromatic heterocycles. The van der Waals surface area contributed by atoms with Crippen LogP contribution in [0.5, 0.6) is 11.5 Å². The van der Waals surface area contributed by atoms with Gasteiger partial charge in [-0.1, -0.05) is 42.5 Å². The first kappa shape index (κ1) is 19.2. The summed E-state index contributed by atoms with van der Waals surface area (Å²) >= 11 is 0. The minimum atomic E-state index is 0.291. The summed E-state index contributed by atoms with van der Waals surface area (Å²) in [6, 6.07) is 16.1. The van der Waals surface area contributed by atoms with Crippen LogP contribution in [0, 0.1) is 0 Å². The Morgan fingerprint density at radius 2 is 1.96 bits per heavy atom. The molecule has 2 aromatic carbocycles. The van der Waals surface area contributed by atoms with Crippen molar-refractivity contribution in [1.82, 2.24) is 10.2 Å². The number of carbonyl (C=O) groups excluding carboxylic acids is 1. The van der Waals surface area contributed by atoms with Crippen LogP contribution in [0.4, 0.5) is 0 Å². The van der Waals surface area contributed by atoms with Crippen molar-refractivity contribution < 1.29 is 14.3 Å². The molecule has 1 aliphatic rings. The summed E-state index contributed by atoms with van der Waals surface area (Å²) in [4.78, 5) is 13.6. The SMILES string of the molecule is COc1cccc(CNCCCN2CCCC2=O)c1OCc1ccccc1. The second-order valence-corrected chi connectivity index (χ2v) is 6.74. The first-order valence-electron chi connectivity index (χ1n) is 9.59. The maximum Gasteiger partial charge on any atom is 0.222 e. The first-order valence-corrected chi connectivity index (χ1v) is 9.59. The number of para-hydroxylation sites is 1. The second-order valence-electron chi connectivity index (χ2n) is 6.74. The molecule has 0 bridgehead atoms. The Kier molecular flexibility index (Phi) is 7.11. The van der Waals surface area contributed by atoms with E-state index in [-0.39, 0.29) is 0 Å². The van der Waals surface area contributed by atoms with Gasteiger partial charge in [0.25, 0.3) is 0 Å². The Bertz CT molecular complexity index is 734. The molecule has 0 unspecified atom stereocenters. The Hall–Kier alpha value is -2.53. The van der Waals surface area contributed by atoms with Gasteiger partial charge in [-0.3, -0.25) is 4.79 Å². The molecular formula is C22H28N2O3. The van der Waals surface area contributed by atoms with Crippen LogP contribution < -0.4 is 14.8 Å². The van der Waals surface area contributed by atoms with E-state index in [4.69, 9.17) is 9.47 Å². The number of carbonyl (C=O) groups is 1. The lowest BCUT2D eigenvalue weighted by atomic mass is 10.1. The molecule has 2 aromatic rings. The molecule has 5 nitrogen and oxygen atoms in total. The fraction of sp³-hybridized carbons (Fsp3) is 0.409. The topological polar surface area (TPSA) is 50.8 Å². The summed E-state index contributed by atoms with van der Waals surface area (Å²) in [6.45, 7) is 3.81. The van der Waals surface area contributed by atoms with Gasteiger partial charge in [0.2, 0.25) is 5.91 Å². The van der Waals surface area contributed by atoms with E-state index in [1.54, 1.807) is 7.11 Å². The van der Waals surface area contributed by atoms with Gasteiger partial charge in [0.05, 0.1) is 7.11 Å². The highest BCUT2D eigenvalue weighted by Crippen LogP contribution is 2.31. The highest BCUT2D eigenvalue weighted by Gasteiger charge is 2.19. The van der Waals surface area contributed by atoms with E-state index in [9.17, 15) is 4.79 Å². The van der Waals surface area contributed by atoms with Crippen LogP contribution in [0.25, 0.3) is 0 Å². The van der Waals surface area contributed by atoms with E-state index in [2.05, 4.69) is 11.4 Å². The second kappa shape index (κ2) is 9.97. The maximum absolute atomic E-state index is 11.6. The van der Waals surface area contributed by atoms with Gasteiger partial charge in [-0.05, 0) is 31.0 Å². The molecular weight excluding hydrogens is 340 g/mol. The van der Waals surface area contributed by atoms with Gasteiger partial charge in [0.1, 0.15) is 6.61 Å². The summed E-state index contributed by atoms with van der Waals surface area (Å²) in [5.74, 6) is 1.82. The molecule has 3 rings (SSSR count). The number of methoxy groups -OCH3 is 1. The van der Waals surface area contributed by atoms with Crippen molar-refractivity contribution in [3.8, 4) is 11.5 Å². The van der Waals surface area contributed by atoms with E-state index in [0.29, 0.717) is 25.5 Å². The zero-order chi connectivity index (χ0) is 18.9. The Morgan fingerprint density at radius 3 is 2.70 bits per heavy atom. The molecule has 1 N–H and O–H groups in total. The fourth-order valence-electron chi connectivity index (χ4n) is 3.31. The van der Waals surface area contributed by atoms with Crippen LogP contribution in [-0.4, -0.2) is 37.6 Å². The number of benzene rings is 2. The minimum absolute atomic E-state index is 0.291. The van der Waals surface area contributed by atoms with Crippen LogP contribution in [0.1, 0.15) is 30.4 Å². The van der Waals surface area contributed by atoms with Crippen LogP contribution in [0.2, 0.25) is 0 Å². The van der Waals surface area contributed by atoms with Gasteiger partial charge >= 0.3 is 0 Å². The smallest absolute Gasteiger partial charge is 0.222 e. The van der Waals surface area contributed by atoms with Crippen LogP contribution in [0.3, 0.4) is 0 Å². The molecule has 1 fully saturated rings. The first-order chi connectivity index (χ1) is 13.3. The number of nitrogens with one attached hydrogen (secondary N) is 1. The number of rotatable bonds is 10. The predicted octanol–water partition coefficient (Wildman–Crippen LogP) is 3.38. The van der Waals surface area contributed by atoms with Crippen molar-refractivity contribution in [3.63, 3.8) is 0 Å². The molecule has 1 heterocycles. The highest BCUT2D eigenvalue weighted by molar-refractivity contribution is 5.77. The number of amides is 1. The van der Waals surface area contributed by atoms with Crippen LogP contribution in [-0.2, 0) is 17.9 Å². The Balaban J connectivity index is 1.52. The zero-order valence-electron chi connectivity index (χ0n) is 15.9. The summed E-state index contributed by atoms with van der Waals surface area (Å²) < 4.78 is 11.6. The predicted molar refractivity (Wildman–Crippen MR) is 106 cm³/mol. The number of nitrogens with zero attached hydrogens (tertiary/aromatic N) is 1. The van der Waals surface area contributed by atoms with Crippen molar-refractivity contribution >= 4 is 5.91 Å². The van der Waals surface area contributed by atoms with Gasteiger partial charge in [-0.2, -0.15) is 0 Å². The third kappa shape index (κ3) is 5.47. The molecule has 144 valence electrons. The molecule has 1 amide bonds. The quantitative estimate of drug-likeness (QED) is 0.653. The summed E-state index contributed by atoms with van der Waals surface area (Å²) in [5, 5.41) is 3.46. The van der Waals surface area contributed by atoms with Crippen molar-refractivity contribution in [2.24, 2.45) is 0 Å². The monoisotopic (exact) mass is 368 g/mol. The lowest BCUT2D eigenvalue weighted by Gasteiger charge is -2.17. The average Bonchev–Trinajstić information content (AvgIpc) is 3.12. The van der Waals surface area contributed by atoms with Crippen LogP contribution in [0.15, 0.2) is 48.5 Å². The fourth-order valence-corrected chi connectivity index (χ4v) is 3.31. The van der Waals surface area contributed by atoms with E-state index >= 15 is 0 Å². The number of hydrogen-bond acceptors (Lipinski definition) is 4. The number of hydrogen-bond donors (Lipinski definition) is 1. The Labute approximate surface area is 161 Å². The molecule has 0 radical (unpaired) electrons. The molecule has 1 aliphatic heterocycles. The zero-order valence-corrected chi connectivity index (χ0v) is 15.9. The largest absolute Gasteiger partial charge is 0.493 e. The van der Waals surface area contributed by atoms with Crippen molar-refractivity contribution in [1.29, 1.82) is 0 Å². The van der Waals surface area contributed by atoms with E-state index in [0.717, 1.165) is 55.1 Å². The Morgan fingerprint density at radius 1 is 1.11 bits per heavy atom. The highest BCUT2D eigenvalue weighted by atomic mass is 16.5. The maximum atomic E-state index is 11.6. The van der Waals surface area contributed by atoms with Crippen molar-refractivity contribution in [2.75, 3.05) is 26.7 Å². The third-order valence-electron chi connectivity index (χ3n) is 4.77. The lowest BCUT2D eigenvalue weighted by Crippen LogP contribution is -2.28. The van der Waals surface area contributed by atoms with Gasteiger partial charge in [0, 0.05) is 31.6 Å². The van der Waals surface area contributed by atoms with Gasteiger partial charge in [-0.25, -0.2) is 0 Å². The molecule has 0 aliphatic carbocycles. The van der Waals surface area contributed by atoms with Crippen LogP contribution >= 0.6 is 0 Å². The minimum Gasteiger partial charge on any atom is -0.493 e. The van der Waals surface area contributed by atoms with Gasteiger partial charge < -0.3 is 19.7 Å². The lowest BCUT2D eigenvalue weighted by molar-refractivity contribution is -0.127. The summed E-state index contributed by atoms with van der Waals surface area (Å²) in [6.07, 6.45) is 2.66. The average molecular weight is 368 g/mol. The molecule has 5 heteroatoms. The molecule has 0 spiro atoms. The van der Waals surface area contributed by atoms with E-state index < -0.39 is 0 Å². The van der Waals surface area contributed by atoms with E-state index in [1.165, 1.54) is 0 Å². The van der Waals surface area contributed by atoms with Crippen molar-refractivity contribution in [3.05, 3.63) is 59.7 Å². The molecule has 27 heavy (non-hydrogen) atoms. The molecule has 1 saturated heterocycles. The number of ether oxygens (including phenoxy) is 2. The summed E-state index contributed by atoms with van der Waals surface area (Å²) in [5.41, 5.74) is 2.19. The number of likely N-dealkylation sites (tertiary alicyclic amines) is 1. The summed E-state index contributed by atoms with van der Waals surface area (Å²) in [7, 11) is 1.66. The standard InChI is InChI=1S/C22H28N2O3/c1-26-20-11-5-10-19(22(20)27-17-18-8-3-2-4-9-18)16-23-13-7-15-24-14-6-12-21(24)25/h2-5,8-11,23H,6-7,12-17H2,1H3. The molecule has 0 atom stereocenters. The van der Waals surface area contributed by atoms with Gasteiger partial charge in [-0.15, -0.1) is 0 Å². The van der Waals surface area contributed by atoms with Crippen molar-refractivity contribution in [2.45, 2.75) is 32.4 Å². The van der Waals surface area contributed by atoms with E-state index in [1.807, 2.05) is 47.4 Å². The normalized spacial score (nSPS) is 13.8. The third-order valence-corrected chi connectivity index (χ3v) is 4.77. The van der Waals surface area contributed by atoms with Gasteiger partial charge in [0.15, 0.2) is 11.5 Å². The molecule has 0 saturated carbocycles.